The smallest absolute Gasteiger partial charge is 0.272 e. The number of rotatable bonds is 5. The van der Waals surface area contributed by atoms with Crippen molar-refractivity contribution in [1.29, 1.82) is 0 Å². The summed E-state index contributed by atoms with van der Waals surface area (Å²) in [5.74, 6) is 1.90. The number of hydrogen-bond donors (Lipinski definition) is 1. The van der Waals surface area contributed by atoms with Gasteiger partial charge in [-0.3, -0.25) is 14.9 Å². The third-order valence-electron chi connectivity index (χ3n) is 3.96. The van der Waals surface area contributed by atoms with Gasteiger partial charge in [-0.05, 0) is 42.0 Å². The van der Waals surface area contributed by atoms with Gasteiger partial charge in [0, 0.05) is 18.2 Å². The molecule has 2 N–H and O–H groups in total. The molecule has 0 aliphatic heterocycles. The van der Waals surface area contributed by atoms with Gasteiger partial charge in [-0.15, -0.1) is 6.42 Å². The average Bonchev–Trinajstić information content (AvgIpc) is 3.02. The number of fused-ring (bicyclic) bond motifs is 1. The first-order valence-electron chi connectivity index (χ1n) is 8.30. The summed E-state index contributed by atoms with van der Waals surface area (Å²) in [5.41, 5.74) is 1.16. The molecular weight excluding hydrogens is 428 g/mol. The summed E-state index contributed by atoms with van der Waals surface area (Å²) in [6.07, 6.45) is 8.11. The number of nitrogens with zero attached hydrogens (tertiary/aromatic N) is 3. The van der Waals surface area contributed by atoms with Crippen LogP contribution in [-0.4, -0.2) is 23.8 Å². The molecule has 0 spiro atoms. The first-order valence-corrected chi connectivity index (χ1v) is 10.7. The number of nitro groups is 1. The van der Waals surface area contributed by atoms with E-state index in [9.17, 15) is 23.3 Å². The first-order chi connectivity index (χ1) is 14.2. The van der Waals surface area contributed by atoms with Gasteiger partial charge in [0.2, 0.25) is 10.0 Å². The number of hydrogen-bond acceptors (Lipinski definition) is 6. The van der Waals surface area contributed by atoms with Gasteiger partial charge in [-0.2, -0.15) is 4.99 Å². The Kier molecular flexibility index (Phi) is 5.93. The molecule has 0 radical (unpaired) electrons. The molecule has 0 aliphatic rings. The summed E-state index contributed by atoms with van der Waals surface area (Å²) >= 11 is 1.10. The van der Waals surface area contributed by atoms with Gasteiger partial charge < -0.3 is 4.57 Å². The van der Waals surface area contributed by atoms with E-state index in [1.807, 2.05) is 0 Å². The molecule has 0 fully saturated rings. The average molecular weight is 442 g/mol. The van der Waals surface area contributed by atoms with Crippen molar-refractivity contribution in [3.05, 3.63) is 69.0 Å². The van der Waals surface area contributed by atoms with E-state index < -0.39 is 20.9 Å². The maximum atomic E-state index is 12.3. The number of carbonyl (C=O) groups excluding carboxylic acids is 1. The van der Waals surface area contributed by atoms with Crippen LogP contribution < -0.4 is 9.94 Å². The van der Waals surface area contributed by atoms with Gasteiger partial charge in [-0.25, -0.2) is 13.6 Å². The van der Waals surface area contributed by atoms with Crippen molar-refractivity contribution >= 4 is 49.2 Å². The maximum absolute atomic E-state index is 12.3. The zero-order chi connectivity index (χ0) is 21.9. The Balaban J connectivity index is 1.97. The van der Waals surface area contributed by atoms with Crippen molar-refractivity contribution in [3.8, 4) is 12.3 Å². The lowest BCUT2D eigenvalue weighted by Crippen LogP contribution is -2.16. The normalized spacial score (nSPS) is 12.3. The summed E-state index contributed by atoms with van der Waals surface area (Å²) in [6, 6.07) is 9.99. The quantitative estimate of drug-likeness (QED) is 0.279. The van der Waals surface area contributed by atoms with Crippen molar-refractivity contribution in [2.24, 2.45) is 10.1 Å². The van der Waals surface area contributed by atoms with Crippen molar-refractivity contribution < 1.29 is 18.1 Å². The minimum Gasteiger partial charge on any atom is -0.305 e. The topological polar surface area (TPSA) is 138 Å². The molecule has 0 saturated carbocycles. The second-order valence-corrected chi connectivity index (χ2v) is 8.55. The molecule has 0 aliphatic carbocycles. The molecular formula is C19H14N4O5S2. The summed E-state index contributed by atoms with van der Waals surface area (Å²) < 4.78 is 25.3. The molecule has 0 atom stereocenters. The number of terminal acetylenes is 1. The largest absolute Gasteiger partial charge is 0.305 e. The van der Waals surface area contributed by atoms with Crippen LogP contribution in [-0.2, 0) is 21.4 Å². The Bertz CT molecular complexity index is 1390. The van der Waals surface area contributed by atoms with Crippen molar-refractivity contribution in [1.82, 2.24) is 4.57 Å². The Morgan fingerprint density at radius 3 is 2.60 bits per heavy atom. The lowest BCUT2D eigenvalue weighted by molar-refractivity contribution is -0.384. The molecule has 152 valence electrons. The molecule has 11 heteroatoms. The third kappa shape index (κ3) is 4.69. The maximum Gasteiger partial charge on any atom is 0.272 e. The number of carbonyl (C=O) groups is 1. The monoisotopic (exact) mass is 442 g/mol. The minimum absolute atomic E-state index is 0.0531. The van der Waals surface area contributed by atoms with E-state index in [1.165, 1.54) is 48.6 Å². The number of primary sulfonamides is 1. The van der Waals surface area contributed by atoms with E-state index in [-0.39, 0.29) is 17.1 Å². The van der Waals surface area contributed by atoms with E-state index in [0.29, 0.717) is 20.6 Å². The van der Waals surface area contributed by atoms with Crippen LogP contribution in [0.1, 0.15) is 5.56 Å². The molecule has 3 rings (SSSR count). The van der Waals surface area contributed by atoms with E-state index >= 15 is 0 Å². The molecule has 0 bridgehead atoms. The fourth-order valence-electron chi connectivity index (χ4n) is 2.57. The van der Waals surface area contributed by atoms with Crippen molar-refractivity contribution in [2.75, 3.05) is 0 Å². The van der Waals surface area contributed by atoms with E-state index in [0.717, 1.165) is 11.3 Å². The van der Waals surface area contributed by atoms with Gasteiger partial charge in [-0.1, -0.05) is 17.3 Å². The molecule has 0 unspecified atom stereocenters. The summed E-state index contributed by atoms with van der Waals surface area (Å²) in [7, 11) is -3.87. The van der Waals surface area contributed by atoms with Crippen LogP contribution in [0.5, 0.6) is 0 Å². The van der Waals surface area contributed by atoms with Crippen LogP contribution in [0, 0.1) is 22.5 Å². The van der Waals surface area contributed by atoms with Crippen LogP contribution in [0.15, 0.2) is 58.4 Å². The molecule has 9 nitrogen and oxygen atoms in total. The Morgan fingerprint density at radius 1 is 1.30 bits per heavy atom. The highest BCUT2D eigenvalue weighted by Crippen LogP contribution is 2.21. The Morgan fingerprint density at radius 2 is 2.00 bits per heavy atom. The number of benzene rings is 2. The predicted molar refractivity (Wildman–Crippen MR) is 113 cm³/mol. The van der Waals surface area contributed by atoms with E-state index in [2.05, 4.69) is 10.9 Å². The molecule has 2 aromatic carbocycles. The molecule has 0 saturated heterocycles. The first kappa shape index (κ1) is 21.1. The van der Waals surface area contributed by atoms with Gasteiger partial charge in [0.1, 0.15) is 0 Å². The zero-order valence-corrected chi connectivity index (χ0v) is 16.9. The van der Waals surface area contributed by atoms with Crippen molar-refractivity contribution in [2.45, 2.75) is 11.4 Å². The SMILES string of the molecule is C#CCn1c(=NC(=O)/C=C\c2ccc([N+](=O)[O-])cc2)sc2cc(S(N)(=O)=O)ccc21. The lowest BCUT2D eigenvalue weighted by atomic mass is 10.2. The van der Waals surface area contributed by atoms with Gasteiger partial charge in [0.25, 0.3) is 11.6 Å². The van der Waals surface area contributed by atoms with E-state index in [4.69, 9.17) is 11.6 Å². The highest BCUT2D eigenvalue weighted by molar-refractivity contribution is 7.89. The van der Waals surface area contributed by atoms with Gasteiger partial charge >= 0.3 is 0 Å². The molecule has 1 amide bonds. The van der Waals surface area contributed by atoms with Crippen LogP contribution in [0.3, 0.4) is 0 Å². The Labute approximate surface area is 175 Å². The summed E-state index contributed by atoms with van der Waals surface area (Å²) in [4.78, 5) is 26.7. The van der Waals surface area contributed by atoms with Crippen LogP contribution >= 0.6 is 11.3 Å². The Hall–Kier alpha value is -3.59. The van der Waals surface area contributed by atoms with Gasteiger partial charge in [0.15, 0.2) is 4.80 Å². The number of sulfonamides is 1. The number of amides is 1. The number of nitro benzene ring substituents is 1. The predicted octanol–water partition coefficient (Wildman–Crippen LogP) is 2.03. The number of non-ortho nitro benzene ring substituents is 1. The number of thiazole rings is 1. The zero-order valence-electron chi connectivity index (χ0n) is 15.3. The fraction of sp³-hybridized carbons (Fsp3) is 0.0526. The van der Waals surface area contributed by atoms with Crippen LogP contribution in [0.25, 0.3) is 16.3 Å². The second kappa shape index (κ2) is 8.42. The third-order valence-corrected chi connectivity index (χ3v) is 5.91. The van der Waals surface area contributed by atoms with Crippen LogP contribution in [0.4, 0.5) is 5.69 Å². The highest BCUT2D eigenvalue weighted by Gasteiger charge is 2.12. The fourth-order valence-corrected chi connectivity index (χ4v) is 4.25. The molecule has 3 aromatic rings. The van der Waals surface area contributed by atoms with E-state index in [1.54, 1.807) is 10.6 Å². The van der Waals surface area contributed by atoms with Crippen molar-refractivity contribution in [3.63, 3.8) is 0 Å². The minimum atomic E-state index is -3.87. The molecule has 30 heavy (non-hydrogen) atoms. The second-order valence-electron chi connectivity index (χ2n) is 5.98. The molecule has 1 heterocycles. The molecule has 1 aromatic heterocycles. The number of nitrogens with two attached hydrogens (primary N) is 1. The highest BCUT2D eigenvalue weighted by atomic mass is 32.2. The standard InChI is InChI=1S/C19H14N4O5S2/c1-2-11-22-16-9-8-15(30(20,27)28)12-17(16)29-19(22)21-18(24)10-5-13-3-6-14(7-4-13)23(25)26/h1,3-10,12H,11H2,(H2,20,27,28)/b10-5-,21-19?. The van der Waals surface area contributed by atoms with Gasteiger partial charge in [0.05, 0.1) is 26.6 Å². The lowest BCUT2D eigenvalue weighted by Gasteiger charge is -2.01. The summed E-state index contributed by atoms with van der Waals surface area (Å²) in [5, 5.41) is 15.8. The number of aromatic nitrogens is 1. The van der Waals surface area contributed by atoms with Crippen LogP contribution in [0.2, 0.25) is 0 Å². The summed E-state index contributed by atoms with van der Waals surface area (Å²) in [6.45, 7) is 0.132.